The molecule has 1 atom stereocenters. The first-order valence-corrected chi connectivity index (χ1v) is 8.28. The number of likely N-dealkylation sites (tertiary alicyclic amines) is 1. The Bertz CT molecular complexity index is 554. The van der Waals surface area contributed by atoms with Crippen molar-refractivity contribution in [2.45, 2.75) is 45.7 Å². The zero-order valence-corrected chi connectivity index (χ0v) is 14.5. The van der Waals surface area contributed by atoms with Gasteiger partial charge >= 0.3 is 6.03 Å². The lowest BCUT2D eigenvalue weighted by Gasteiger charge is -2.33. The summed E-state index contributed by atoms with van der Waals surface area (Å²) in [6.07, 6.45) is 5.14. The summed E-state index contributed by atoms with van der Waals surface area (Å²) in [5.74, 6) is -0.145. The van der Waals surface area contributed by atoms with E-state index in [4.69, 9.17) is 0 Å². The number of nitrogens with zero attached hydrogens (tertiary/aromatic N) is 4. The second kappa shape index (κ2) is 7.48. The van der Waals surface area contributed by atoms with Crippen molar-refractivity contribution in [1.82, 2.24) is 24.9 Å². The summed E-state index contributed by atoms with van der Waals surface area (Å²) >= 11 is 0. The summed E-state index contributed by atoms with van der Waals surface area (Å²) in [4.78, 5) is 28.5. The molecule has 0 saturated carbocycles. The van der Waals surface area contributed by atoms with E-state index >= 15 is 0 Å². The first-order chi connectivity index (χ1) is 10.9. The van der Waals surface area contributed by atoms with Crippen LogP contribution >= 0.6 is 0 Å². The zero-order chi connectivity index (χ0) is 17.0. The molecule has 1 N–H and O–H groups in total. The van der Waals surface area contributed by atoms with E-state index in [0.29, 0.717) is 18.7 Å². The van der Waals surface area contributed by atoms with E-state index in [9.17, 15) is 9.59 Å². The predicted octanol–water partition coefficient (Wildman–Crippen LogP) is 1.46. The quantitative estimate of drug-likeness (QED) is 0.892. The molecule has 2 rings (SSSR count). The smallest absolute Gasteiger partial charge is 0.320 e. The summed E-state index contributed by atoms with van der Waals surface area (Å²) in [5.41, 5.74) is 0.542. The number of urea groups is 1. The SMILES string of the molecule is CCN(C(=O)N1CCCC1CNC(=O)c1cnn(C)c1)C(C)C. The molecule has 0 aromatic carbocycles. The average molecular weight is 321 g/mol. The number of carbonyl (C=O) groups excluding carboxylic acids is 2. The highest BCUT2D eigenvalue weighted by atomic mass is 16.2. The fourth-order valence-electron chi connectivity index (χ4n) is 3.04. The average Bonchev–Trinajstić information content (AvgIpc) is 3.13. The van der Waals surface area contributed by atoms with Crippen LogP contribution in [0.2, 0.25) is 0 Å². The van der Waals surface area contributed by atoms with Crippen LogP contribution in [0.5, 0.6) is 0 Å². The minimum atomic E-state index is -0.145. The summed E-state index contributed by atoms with van der Waals surface area (Å²) in [6.45, 7) is 7.98. The molecule has 1 aliphatic heterocycles. The largest absolute Gasteiger partial charge is 0.350 e. The van der Waals surface area contributed by atoms with Crippen LogP contribution in [0.25, 0.3) is 0 Å². The van der Waals surface area contributed by atoms with Crippen molar-refractivity contribution in [3.05, 3.63) is 18.0 Å². The van der Waals surface area contributed by atoms with Crippen molar-refractivity contribution >= 4 is 11.9 Å². The lowest BCUT2D eigenvalue weighted by molar-refractivity contribution is 0.0935. The van der Waals surface area contributed by atoms with Gasteiger partial charge in [0.05, 0.1) is 17.8 Å². The van der Waals surface area contributed by atoms with E-state index in [2.05, 4.69) is 10.4 Å². The van der Waals surface area contributed by atoms with Gasteiger partial charge in [-0.2, -0.15) is 5.10 Å². The number of nitrogens with one attached hydrogen (secondary N) is 1. The number of carbonyl (C=O) groups is 2. The molecule has 1 aliphatic rings. The molecule has 7 nitrogen and oxygen atoms in total. The van der Waals surface area contributed by atoms with Crippen molar-refractivity contribution in [2.24, 2.45) is 7.05 Å². The summed E-state index contributed by atoms with van der Waals surface area (Å²) in [7, 11) is 1.78. The monoisotopic (exact) mass is 321 g/mol. The van der Waals surface area contributed by atoms with Crippen LogP contribution in [0.4, 0.5) is 4.79 Å². The standard InChI is InChI=1S/C16H27N5O2/c1-5-20(12(2)3)16(23)21-8-6-7-14(21)10-17-15(22)13-9-18-19(4)11-13/h9,11-12,14H,5-8,10H2,1-4H3,(H,17,22). The second-order valence-electron chi connectivity index (χ2n) is 6.26. The van der Waals surface area contributed by atoms with Crippen molar-refractivity contribution in [2.75, 3.05) is 19.6 Å². The molecular weight excluding hydrogens is 294 g/mol. The third-order valence-corrected chi connectivity index (χ3v) is 4.30. The number of hydrogen-bond donors (Lipinski definition) is 1. The van der Waals surface area contributed by atoms with Crippen molar-refractivity contribution in [3.8, 4) is 0 Å². The maximum atomic E-state index is 12.7. The number of hydrogen-bond acceptors (Lipinski definition) is 3. The molecule has 1 aromatic heterocycles. The van der Waals surface area contributed by atoms with Gasteiger partial charge in [0.2, 0.25) is 0 Å². The Hall–Kier alpha value is -2.05. The molecule has 23 heavy (non-hydrogen) atoms. The topological polar surface area (TPSA) is 70.5 Å². The minimum absolute atomic E-state index is 0.0657. The maximum absolute atomic E-state index is 12.7. The van der Waals surface area contributed by atoms with Crippen LogP contribution in [-0.2, 0) is 7.05 Å². The third kappa shape index (κ3) is 4.03. The Labute approximate surface area is 137 Å². The molecule has 0 aliphatic carbocycles. The number of aryl methyl sites for hydroxylation is 1. The number of amides is 3. The van der Waals surface area contributed by atoms with Gasteiger partial charge in [-0.1, -0.05) is 0 Å². The van der Waals surface area contributed by atoms with Gasteiger partial charge in [0, 0.05) is 38.9 Å². The molecule has 7 heteroatoms. The minimum Gasteiger partial charge on any atom is -0.350 e. The van der Waals surface area contributed by atoms with Gasteiger partial charge in [0.15, 0.2) is 0 Å². The molecule has 128 valence electrons. The third-order valence-electron chi connectivity index (χ3n) is 4.30. The van der Waals surface area contributed by atoms with Crippen LogP contribution in [0.15, 0.2) is 12.4 Å². The fraction of sp³-hybridized carbons (Fsp3) is 0.688. The van der Waals surface area contributed by atoms with Crippen molar-refractivity contribution in [1.29, 1.82) is 0 Å². The highest BCUT2D eigenvalue weighted by Gasteiger charge is 2.32. The Morgan fingerprint density at radius 2 is 2.22 bits per heavy atom. The molecule has 1 saturated heterocycles. The lowest BCUT2D eigenvalue weighted by atomic mass is 10.2. The van der Waals surface area contributed by atoms with E-state index < -0.39 is 0 Å². The van der Waals surface area contributed by atoms with Crippen LogP contribution < -0.4 is 5.32 Å². The Kier molecular flexibility index (Phi) is 5.63. The molecule has 1 aromatic rings. The maximum Gasteiger partial charge on any atom is 0.320 e. The summed E-state index contributed by atoms with van der Waals surface area (Å²) < 4.78 is 1.60. The van der Waals surface area contributed by atoms with Crippen LogP contribution in [0, 0.1) is 0 Å². The molecular formula is C16H27N5O2. The van der Waals surface area contributed by atoms with Gasteiger partial charge in [0.1, 0.15) is 0 Å². The lowest BCUT2D eigenvalue weighted by Crippen LogP contribution is -2.50. The van der Waals surface area contributed by atoms with Gasteiger partial charge in [-0.05, 0) is 33.6 Å². The predicted molar refractivity (Wildman–Crippen MR) is 88.2 cm³/mol. The van der Waals surface area contributed by atoms with E-state index in [-0.39, 0.29) is 24.0 Å². The molecule has 2 heterocycles. The van der Waals surface area contributed by atoms with Crippen LogP contribution in [0.1, 0.15) is 44.0 Å². The number of rotatable bonds is 5. The van der Waals surface area contributed by atoms with Crippen molar-refractivity contribution < 1.29 is 9.59 Å². The fourth-order valence-corrected chi connectivity index (χ4v) is 3.04. The van der Waals surface area contributed by atoms with E-state index in [0.717, 1.165) is 19.4 Å². The normalized spacial score (nSPS) is 17.6. The van der Waals surface area contributed by atoms with Crippen molar-refractivity contribution in [3.63, 3.8) is 0 Å². The zero-order valence-electron chi connectivity index (χ0n) is 14.5. The Balaban J connectivity index is 1.94. The molecule has 3 amide bonds. The van der Waals surface area contributed by atoms with Gasteiger partial charge < -0.3 is 15.1 Å². The first-order valence-electron chi connectivity index (χ1n) is 8.28. The second-order valence-corrected chi connectivity index (χ2v) is 6.26. The van der Waals surface area contributed by atoms with E-state index in [1.165, 1.54) is 0 Å². The molecule has 1 unspecified atom stereocenters. The van der Waals surface area contributed by atoms with Gasteiger partial charge in [-0.15, -0.1) is 0 Å². The molecule has 1 fully saturated rings. The molecule has 0 spiro atoms. The van der Waals surface area contributed by atoms with E-state index in [1.54, 1.807) is 24.1 Å². The molecule has 0 radical (unpaired) electrons. The Morgan fingerprint density at radius 1 is 1.48 bits per heavy atom. The molecule has 0 bridgehead atoms. The first kappa shape index (κ1) is 17.3. The van der Waals surface area contributed by atoms with E-state index in [1.807, 2.05) is 30.6 Å². The summed E-state index contributed by atoms with van der Waals surface area (Å²) in [6, 6.07) is 0.315. The van der Waals surface area contributed by atoms with Gasteiger partial charge in [-0.3, -0.25) is 9.48 Å². The van der Waals surface area contributed by atoms with Crippen LogP contribution in [0.3, 0.4) is 0 Å². The Morgan fingerprint density at radius 3 is 2.78 bits per heavy atom. The highest BCUT2D eigenvalue weighted by Crippen LogP contribution is 2.19. The number of aromatic nitrogens is 2. The summed E-state index contributed by atoms with van der Waals surface area (Å²) in [5, 5.41) is 6.92. The van der Waals surface area contributed by atoms with Gasteiger partial charge in [-0.25, -0.2) is 4.79 Å². The van der Waals surface area contributed by atoms with Gasteiger partial charge in [0.25, 0.3) is 5.91 Å². The highest BCUT2D eigenvalue weighted by molar-refractivity contribution is 5.93. The van der Waals surface area contributed by atoms with Crippen LogP contribution in [-0.4, -0.2) is 63.2 Å².